The number of fused-ring (bicyclic) bond motifs is 4. The minimum Gasteiger partial charge on any atom is -0.497 e. The summed E-state index contributed by atoms with van der Waals surface area (Å²) < 4.78 is 32.8. The zero-order valence-electron chi connectivity index (χ0n) is 42.4. The maximum Gasteiger partial charge on any atom is 0.340 e. The van der Waals surface area contributed by atoms with Crippen LogP contribution >= 0.6 is 45.2 Å². The maximum absolute atomic E-state index is 13.0. The quantitative estimate of drug-likeness (QED) is 0.0572. The van der Waals surface area contributed by atoms with Gasteiger partial charge in [-0.1, -0.05) is 29.9 Å². The topological polar surface area (TPSA) is 277 Å². The van der Waals surface area contributed by atoms with Gasteiger partial charge in [0.15, 0.2) is 5.54 Å². The van der Waals surface area contributed by atoms with Gasteiger partial charge in [-0.15, -0.1) is 6.42 Å². The number of carbonyl (C=O) groups is 7. The van der Waals surface area contributed by atoms with Gasteiger partial charge in [0.25, 0.3) is 34.7 Å². The number of hydrogen-bond acceptors (Lipinski definition) is 12. The molecule has 0 bridgehead atoms. The number of terminal acetylenes is 1. The third-order valence-corrected chi connectivity index (χ3v) is 14.2. The van der Waals surface area contributed by atoms with Crippen molar-refractivity contribution in [2.75, 3.05) is 34.4 Å². The molecule has 25 heteroatoms. The molecule has 2 saturated heterocycles. The van der Waals surface area contributed by atoms with E-state index in [1.807, 2.05) is 47.8 Å². The number of nitrogens with zero attached hydrogens (tertiary/aromatic N) is 4. The number of H-pyrrole nitrogens is 2. The molecule has 6 heterocycles. The van der Waals surface area contributed by atoms with Gasteiger partial charge in [0.1, 0.15) is 17.3 Å². The number of urea groups is 2. The Morgan fingerprint density at radius 2 is 1.13 bits per heavy atom. The minimum absolute atomic E-state index is 0.0222. The fraction of sp³-hybridized carbons (Fsp3) is 0.204. The average Bonchev–Trinajstić information content (AvgIpc) is 4.24. The van der Waals surface area contributed by atoms with E-state index in [0.717, 1.165) is 29.2 Å². The lowest BCUT2D eigenvalue weighted by Gasteiger charge is -2.26. The number of nitrogens with one attached hydrogen (secondary N) is 6. The molecule has 0 aliphatic carbocycles. The maximum atomic E-state index is 13.0. The van der Waals surface area contributed by atoms with Gasteiger partial charge in [0.2, 0.25) is 5.54 Å². The van der Waals surface area contributed by atoms with Crippen LogP contribution in [0, 0.1) is 37.1 Å². The third kappa shape index (κ3) is 11.7. The lowest BCUT2D eigenvalue weighted by molar-refractivity contribution is -0.123. The first-order chi connectivity index (χ1) is 37.6. The van der Waals surface area contributed by atoms with E-state index in [9.17, 15) is 47.5 Å². The minimum atomic E-state index is -1.63. The smallest absolute Gasteiger partial charge is 0.340 e. The molecule has 0 radical (unpaired) electrons. The number of benzene rings is 5. The van der Waals surface area contributed by atoms with Crippen LogP contribution in [0.2, 0.25) is 0 Å². The molecule has 22 nitrogen and oxygen atoms in total. The summed E-state index contributed by atoms with van der Waals surface area (Å²) >= 11 is 4.19. The van der Waals surface area contributed by atoms with Crippen molar-refractivity contribution in [1.29, 1.82) is 0 Å². The van der Waals surface area contributed by atoms with Crippen LogP contribution in [0.5, 0.6) is 11.5 Å². The van der Waals surface area contributed by atoms with Gasteiger partial charge in [0, 0.05) is 51.0 Å². The molecule has 404 valence electrons. The normalized spacial score (nSPS) is 17.5. The van der Waals surface area contributed by atoms with Crippen molar-refractivity contribution in [3.8, 4) is 35.7 Å². The second-order valence-corrected chi connectivity index (χ2v) is 20.4. The van der Waals surface area contributed by atoms with Gasteiger partial charge in [-0.3, -0.25) is 59.0 Å². The van der Waals surface area contributed by atoms with Gasteiger partial charge >= 0.3 is 18.0 Å². The van der Waals surface area contributed by atoms with E-state index in [0.29, 0.717) is 45.6 Å². The Morgan fingerprint density at radius 1 is 0.646 bits per heavy atom. The average molecular weight is 1300 g/mol. The van der Waals surface area contributed by atoms with Gasteiger partial charge in [-0.05, 0) is 135 Å². The van der Waals surface area contributed by atoms with Crippen LogP contribution in [0.4, 0.5) is 14.0 Å². The predicted octanol–water partition coefficient (Wildman–Crippen LogP) is 4.01. The number of rotatable bonds is 7. The van der Waals surface area contributed by atoms with Crippen molar-refractivity contribution in [2.24, 2.45) is 14.1 Å². The molecule has 0 spiro atoms. The Labute approximate surface area is 474 Å². The standard InChI is InChI=1S/C23H19N5O5.C15H13N3O4.C8H6FIO2.C8H7IN2O/c1-27-18-6-3-13(9-17(18)19(29)26-27)7-8-23(21(31)24-22(32)25-23)12-28-11-14-4-5-15(33-2)10-16(14)20(28)30;1-3-15(13(20)16-14(21)17-15)8-18-7-9-4-5-10(22-2)6-11(9)12(18)19;1-12-8(11)6-4-5(10)2-3-7(6)9;1-11-7-3-2-5(9)4-6(7)8(12)10-11/h3-6,9-10H,11-12H2,1-2H3,(H,26,29)(H2,24,25,31,32);1,4-6H,7-8H2,2H3,(H2,16,17,20,21);2-4H,1H3;2-4H,1H3,(H,10,12)/t23-;15-;;/m11../s1. The first kappa shape index (κ1) is 56.2. The Morgan fingerprint density at radius 3 is 1.62 bits per heavy atom. The molecular weight excluding hydrogens is 1250 g/mol. The van der Waals surface area contributed by atoms with Crippen LogP contribution in [-0.4, -0.2) is 117 Å². The van der Waals surface area contributed by atoms with Crippen molar-refractivity contribution >= 4 is 109 Å². The number of imide groups is 2. The Bertz CT molecular complexity index is 3940. The highest BCUT2D eigenvalue weighted by molar-refractivity contribution is 14.1. The van der Waals surface area contributed by atoms with E-state index in [4.69, 9.17) is 15.9 Å². The summed E-state index contributed by atoms with van der Waals surface area (Å²) in [6, 6.07) is 24.2. The number of halogens is 3. The number of amides is 8. The zero-order chi connectivity index (χ0) is 57.1. The largest absolute Gasteiger partial charge is 0.497 e. The van der Waals surface area contributed by atoms with Crippen molar-refractivity contribution < 1.29 is 52.2 Å². The van der Waals surface area contributed by atoms with Crippen molar-refractivity contribution in [3.63, 3.8) is 0 Å². The van der Waals surface area contributed by atoms with Crippen LogP contribution in [0.1, 0.15) is 47.8 Å². The molecule has 0 saturated carbocycles. The first-order valence-corrected chi connectivity index (χ1v) is 25.5. The number of aromatic nitrogens is 4. The summed E-state index contributed by atoms with van der Waals surface area (Å²) in [5.74, 6) is 6.16. The van der Waals surface area contributed by atoms with Crippen LogP contribution in [0.15, 0.2) is 101 Å². The number of esters is 1. The molecule has 11 rings (SSSR count). The molecule has 0 unspecified atom stereocenters. The molecule has 2 atom stereocenters. The fourth-order valence-electron chi connectivity index (χ4n) is 8.80. The molecule has 79 heavy (non-hydrogen) atoms. The van der Waals surface area contributed by atoms with Gasteiger partial charge < -0.3 is 34.6 Å². The van der Waals surface area contributed by atoms with Crippen molar-refractivity contribution in [2.45, 2.75) is 24.2 Å². The second-order valence-electron chi connectivity index (χ2n) is 17.9. The lowest BCUT2D eigenvalue weighted by Crippen LogP contribution is -2.54. The van der Waals surface area contributed by atoms with Crippen molar-refractivity contribution in [3.05, 3.63) is 158 Å². The highest BCUT2D eigenvalue weighted by atomic mass is 127. The number of hydrogen-bond donors (Lipinski definition) is 6. The summed E-state index contributed by atoms with van der Waals surface area (Å²) in [5, 5.41) is 15.9. The Kier molecular flexibility index (Phi) is 16.3. The highest BCUT2D eigenvalue weighted by Gasteiger charge is 2.49. The molecular formula is C54H45FI2N10O12. The molecule has 6 N–H and O–H groups in total. The molecule has 7 aromatic rings. The summed E-state index contributed by atoms with van der Waals surface area (Å²) in [6.45, 7) is 0.374. The first-order valence-electron chi connectivity index (χ1n) is 23.4. The lowest BCUT2D eigenvalue weighted by atomic mass is 9.99. The highest BCUT2D eigenvalue weighted by Crippen LogP contribution is 2.30. The SMILES string of the molecule is C#C[C@]1(CN2Cc3ccc(OC)cc3C2=O)NC(=O)NC1=O.COC(=O)c1cc(I)ccc1F.COc1ccc2c(c1)C(=O)N(C[C@@]1(C#Cc3ccc4c(c3)c(=O)[nH]n4C)NC(=O)NC1=O)C2.Cn1[nH]c(=O)c2cc(I)ccc21. The molecule has 4 aliphatic heterocycles. The summed E-state index contributed by atoms with van der Waals surface area (Å²) in [4.78, 5) is 111. The predicted molar refractivity (Wildman–Crippen MR) is 300 cm³/mol. The Balaban J connectivity index is 0.000000153. The van der Waals surface area contributed by atoms with Crippen molar-refractivity contribution in [1.82, 2.24) is 50.6 Å². The van der Waals surface area contributed by atoms with E-state index in [-0.39, 0.29) is 48.1 Å². The van der Waals surface area contributed by atoms with Crippen LogP contribution in [-0.2, 0) is 41.5 Å². The van der Waals surface area contributed by atoms with E-state index in [2.05, 4.69) is 76.6 Å². The van der Waals surface area contributed by atoms with E-state index in [1.54, 1.807) is 77.1 Å². The third-order valence-electron chi connectivity index (χ3n) is 12.8. The molecule has 5 aromatic carbocycles. The van der Waals surface area contributed by atoms with Crippen LogP contribution in [0.25, 0.3) is 21.8 Å². The Hall–Kier alpha value is -8.96. The van der Waals surface area contributed by atoms with Gasteiger partial charge in [0.05, 0.1) is 61.8 Å². The summed E-state index contributed by atoms with van der Waals surface area (Å²) in [6.07, 6.45) is 5.41. The number of methoxy groups -OCH3 is 3. The van der Waals surface area contributed by atoms with Gasteiger partial charge in [-0.25, -0.2) is 18.8 Å². The molecule has 4 aliphatic rings. The van der Waals surface area contributed by atoms with Crippen LogP contribution < -0.4 is 41.9 Å². The van der Waals surface area contributed by atoms with E-state index < -0.39 is 46.7 Å². The number of ether oxygens (including phenoxy) is 3. The summed E-state index contributed by atoms with van der Waals surface area (Å²) in [5.41, 5.74) is 1.30. The second kappa shape index (κ2) is 22.9. The van der Waals surface area contributed by atoms with E-state index in [1.165, 1.54) is 43.3 Å². The number of aromatic amines is 2. The molecule has 2 fully saturated rings. The number of aryl methyl sites for hydroxylation is 2. The zero-order valence-corrected chi connectivity index (χ0v) is 46.7. The van der Waals surface area contributed by atoms with E-state index >= 15 is 0 Å². The number of carbonyl (C=O) groups excluding carboxylic acids is 7. The molecule has 2 aromatic heterocycles. The molecule has 8 amide bonds. The van der Waals surface area contributed by atoms with Gasteiger partial charge in [-0.2, -0.15) is 0 Å². The summed E-state index contributed by atoms with van der Waals surface area (Å²) in [7, 11) is 7.81. The fourth-order valence-corrected chi connectivity index (χ4v) is 9.78. The van der Waals surface area contributed by atoms with Crippen LogP contribution in [0.3, 0.4) is 0 Å². The monoisotopic (exact) mass is 1300 g/mol.